The number of nitrogens with one attached hydrogen (secondary N) is 1. The summed E-state index contributed by atoms with van der Waals surface area (Å²) in [4.78, 5) is 25.4. The molecule has 0 saturated carbocycles. The van der Waals surface area contributed by atoms with Gasteiger partial charge in [-0.05, 0) is 30.7 Å². The zero-order valence-corrected chi connectivity index (χ0v) is 18.9. The maximum atomic E-state index is 12.5. The number of carbonyl (C=O) groups is 1. The highest BCUT2D eigenvalue weighted by atomic mass is 35.5. The van der Waals surface area contributed by atoms with Crippen molar-refractivity contribution in [1.82, 2.24) is 19.4 Å². The zero-order chi connectivity index (χ0) is 22.8. The van der Waals surface area contributed by atoms with Gasteiger partial charge in [-0.2, -0.15) is 4.98 Å². The number of fused-ring (bicyclic) bond motifs is 1. The normalized spacial score (nSPS) is 12.0. The van der Waals surface area contributed by atoms with Crippen molar-refractivity contribution >= 4 is 46.5 Å². The largest absolute Gasteiger partial charge is 0.467 e. The summed E-state index contributed by atoms with van der Waals surface area (Å²) >= 11 is 12.4. The molecule has 0 aliphatic carbocycles. The number of esters is 1. The van der Waals surface area contributed by atoms with Crippen molar-refractivity contribution in [3.8, 4) is 11.3 Å². The van der Waals surface area contributed by atoms with Gasteiger partial charge in [0, 0.05) is 24.2 Å². The second-order valence-electron chi connectivity index (χ2n) is 7.15. The van der Waals surface area contributed by atoms with E-state index in [4.69, 9.17) is 33.7 Å². The van der Waals surface area contributed by atoms with Crippen LogP contribution in [0, 0.1) is 6.92 Å². The van der Waals surface area contributed by atoms with E-state index < -0.39 is 12.0 Å². The number of aryl methyl sites for hydroxylation is 1. The second-order valence-corrected chi connectivity index (χ2v) is 7.94. The van der Waals surface area contributed by atoms with Crippen LogP contribution in [0.5, 0.6) is 0 Å². The summed E-state index contributed by atoms with van der Waals surface area (Å²) in [5.74, 6) is 0.821. The highest BCUT2D eigenvalue weighted by Crippen LogP contribution is 2.28. The van der Waals surface area contributed by atoms with Gasteiger partial charge in [-0.15, -0.1) is 0 Å². The van der Waals surface area contributed by atoms with Crippen molar-refractivity contribution in [1.29, 1.82) is 0 Å². The van der Waals surface area contributed by atoms with Crippen LogP contribution in [0.4, 0.5) is 11.8 Å². The quantitative estimate of drug-likeness (QED) is 0.406. The van der Waals surface area contributed by atoms with Gasteiger partial charge >= 0.3 is 5.97 Å². The molecule has 164 valence electrons. The molecule has 1 atom stereocenters. The highest BCUT2D eigenvalue weighted by Gasteiger charge is 2.22. The Morgan fingerprint density at radius 2 is 2.06 bits per heavy atom. The van der Waals surface area contributed by atoms with Crippen LogP contribution in [-0.2, 0) is 16.0 Å². The molecule has 3 N–H and O–H groups in total. The molecule has 0 aliphatic heterocycles. The SMILES string of the molecule is COC(=O)C(Cc1cccc(Cl)c1Cl)Nc1cc(-c2ccc3cnc(C)n3c2)nc(N)n1. The van der Waals surface area contributed by atoms with Gasteiger partial charge in [0.25, 0.3) is 0 Å². The highest BCUT2D eigenvalue weighted by molar-refractivity contribution is 6.42. The Morgan fingerprint density at radius 3 is 2.84 bits per heavy atom. The van der Waals surface area contributed by atoms with Gasteiger partial charge < -0.3 is 20.2 Å². The number of aromatic nitrogens is 4. The number of rotatable bonds is 6. The van der Waals surface area contributed by atoms with E-state index in [1.165, 1.54) is 7.11 Å². The summed E-state index contributed by atoms with van der Waals surface area (Å²) in [5, 5.41) is 3.89. The van der Waals surface area contributed by atoms with E-state index in [-0.39, 0.29) is 12.4 Å². The number of pyridine rings is 1. The summed E-state index contributed by atoms with van der Waals surface area (Å²) < 4.78 is 6.92. The molecule has 32 heavy (non-hydrogen) atoms. The Balaban J connectivity index is 1.66. The summed E-state index contributed by atoms with van der Waals surface area (Å²) in [7, 11) is 1.32. The standard InChI is InChI=1S/C22H20Cl2N6O2/c1-12-26-10-15-7-6-14(11-30(12)15)17-9-19(29-22(25)28-17)27-18(21(31)32-2)8-13-4-3-5-16(23)20(13)24/h3-7,9-11,18H,8H2,1-2H3,(H3,25,27,28,29). The van der Waals surface area contributed by atoms with E-state index in [0.717, 1.165) is 16.9 Å². The van der Waals surface area contributed by atoms with Crippen LogP contribution in [0.1, 0.15) is 11.4 Å². The van der Waals surface area contributed by atoms with Gasteiger partial charge in [0.1, 0.15) is 17.7 Å². The maximum Gasteiger partial charge on any atom is 0.328 e. The van der Waals surface area contributed by atoms with Gasteiger partial charge in [-0.3, -0.25) is 0 Å². The van der Waals surface area contributed by atoms with Crippen molar-refractivity contribution in [2.75, 3.05) is 18.2 Å². The Labute approximate surface area is 194 Å². The van der Waals surface area contributed by atoms with Crippen LogP contribution in [-0.4, -0.2) is 38.5 Å². The Kier molecular flexibility index (Phi) is 6.16. The lowest BCUT2D eigenvalue weighted by atomic mass is 10.1. The fourth-order valence-corrected chi connectivity index (χ4v) is 3.80. The first-order valence-electron chi connectivity index (χ1n) is 9.71. The Hall–Kier alpha value is -3.36. The van der Waals surface area contributed by atoms with Crippen molar-refractivity contribution in [2.45, 2.75) is 19.4 Å². The molecule has 1 aromatic carbocycles. The van der Waals surface area contributed by atoms with Crippen molar-refractivity contribution in [3.05, 3.63) is 70.2 Å². The van der Waals surface area contributed by atoms with Gasteiger partial charge in [-0.1, -0.05) is 35.3 Å². The summed E-state index contributed by atoms with van der Waals surface area (Å²) in [6.07, 6.45) is 3.96. The minimum Gasteiger partial charge on any atom is -0.467 e. The predicted molar refractivity (Wildman–Crippen MR) is 125 cm³/mol. The molecule has 10 heteroatoms. The van der Waals surface area contributed by atoms with Gasteiger partial charge in [0.2, 0.25) is 5.95 Å². The molecule has 4 aromatic rings. The van der Waals surface area contributed by atoms with E-state index >= 15 is 0 Å². The number of nitrogens with zero attached hydrogens (tertiary/aromatic N) is 4. The molecule has 3 aromatic heterocycles. The first kappa shape index (κ1) is 21.9. The number of nitrogen functional groups attached to an aromatic ring is 1. The van der Waals surface area contributed by atoms with Crippen LogP contribution in [0.3, 0.4) is 0 Å². The third kappa shape index (κ3) is 4.46. The van der Waals surface area contributed by atoms with Crippen LogP contribution in [0.15, 0.2) is 48.8 Å². The van der Waals surface area contributed by atoms with Crippen molar-refractivity contribution < 1.29 is 9.53 Å². The van der Waals surface area contributed by atoms with Crippen molar-refractivity contribution in [2.24, 2.45) is 0 Å². The van der Waals surface area contributed by atoms with Crippen LogP contribution in [0.2, 0.25) is 10.0 Å². The molecule has 0 amide bonds. The average molecular weight is 471 g/mol. The number of imidazole rings is 1. The lowest BCUT2D eigenvalue weighted by Crippen LogP contribution is -2.33. The molecule has 0 bridgehead atoms. The predicted octanol–water partition coefficient (Wildman–Crippen LogP) is 4.18. The van der Waals surface area contributed by atoms with E-state index in [1.54, 1.807) is 30.5 Å². The fourth-order valence-electron chi connectivity index (χ4n) is 3.40. The molecule has 1 unspecified atom stereocenters. The molecule has 3 heterocycles. The fraction of sp³-hybridized carbons (Fsp3) is 0.182. The maximum absolute atomic E-state index is 12.5. The van der Waals surface area contributed by atoms with E-state index in [1.807, 2.05) is 29.7 Å². The van der Waals surface area contributed by atoms with Crippen molar-refractivity contribution in [3.63, 3.8) is 0 Å². The number of ether oxygens (including phenoxy) is 1. The number of benzene rings is 1. The molecule has 0 aliphatic rings. The third-order valence-electron chi connectivity index (χ3n) is 5.01. The van der Waals surface area contributed by atoms with Crippen LogP contribution in [0.25, 0.3) is 16.8 Å². The number of halogens is 2. The molecule has 0 fully saturated rings. The number of anilines is 2. The van der Waals surface area contributed by atoms with Crippen LogP contribution >= 0.6 is 23.2 Å². The third-order valence-corrected chi connectivity index (χ3v) is 5.87. The summed E-state index contributed by atoms with van der Waals surface area (Å²) in [5.41, 5.74) is 9.05. The summed E-state index contributed by atoms with van der Waals surface area (Å²) in [6.45, 7) is 1.92. The molecule has 8 nitrogen and oxygen atoms in total. The van der Waals surface area contributed by atoms with E-state index in [9.17, 15) is 4.79 Å². The molecule has 0 saturated heterocycles. The van der Waals surface area contributed by atoms with Gasteiger partial charge in [-0.25, -0.2) is 14.8 Å². The van der Waals surface area contributed by atoms with Gasteiger partial charge in [0.15, 0.2) is 0 Å². The molecule has 0 radical (unpaired) electrons. The number of hydrogen-bond donors (Lipinski definition) is 2. The minimum absolute atomic E-state index is 0.0665. The number of carbonyl (C=O) groups excluding carboxylic acids is 1. The molecular weight excluding hydrogens is 451 g/mol. The second kappa shape index (κ2) is 9.02. The number of methoxy groups -OCH3 is 1. The number of nitrogens with two attached hydrogens (primary N) is 1. The summed E-state index contributed by atoms with van der Waals surface area (Å²) in [6, 6.07) is 10.1. The molecule has 0 spiro atoms. The zero-order valence-electron chi connectivity index (χ0n) is 17.3. The molecular formula is C22H20Cl2N6O2. The van der Waals surface area contributed by atoms with E-state index in [0.29, 0.717) is 27.1 Å². The topological polar surface area (TPSA) is 107 Å². The first-order chi connectivity index (χ1) is 15.4. The monoisotopic (exact) mass is 470 g/mol. The van der Waals surface area contributed by atoms with Crippen LogP contribution < -0.4 is 11.1 Å². The Bertz CT molecular complexity index is 1310. The average Bonchev–Trinajstić information content (AvgIpc) is 3.15. The van der Waals surface area contributed by atoms with Gasteiger partial charge in [0.05, 0.1) is 34.6 Å². The first-order valence-corrected chi connectivity index (χ1v) is 10.5. The number of hydrogen-bond acceptors (Lipinski definition) is 7. The smallest absolute Gasteiger partial charge is 0.328 e. The lowest BCUT2D eigenvalue weighted by molar-refractivity contribution is -0.141. The molecule has 4 rings (SSSR count). The minimum atomic E-state index is -0.767. The lowest BCUT2D eigenvalue weighted by Gasteiger charge is -2.18. The van der Waals surface area contributed by atoms with E-state index in [2.05, 4.69) is 20.3 Å². The Morgan fingerprint density at radius 1 is 1.25 bits per heavy atom.